The van der Waals surface area contributed by atoms with Gasteiger partial charge in [-0.2, -0.15) is 0 Å². The number of nitrogens with two attached hydrogens (primary N) is 1. The number of ketones is 1. The van der Waals surface area contributed by atoms with Gasteiger partial charge in [0.1, 0.15) is 0 Å². The van der Waals surface area contributed by atoms with Gasteiger partial charge in [0.05, 0.1) is 6.10 Å². The molecule has 0 saturated heterocycles. The fourth-order valence-electron chi connectivity index (χ4n) is 1.66. The molecule has 0 amide bonds. The lowest BCUT2D eigenvalue weighted by molar-refractivity contribution is 0.101. The van der Waals surface area contributed by atoms with Crippen LogP contribution in [0.2, 0.25) is 0 Å². The second-order valence-corrected chi connectivity index (χ2v) is 4.18. The first kappa shape index (κ1) is 13.5. The molecule has 4 nitrogen and oxygen atoms in total. The van der Waals surface area contributed by atoms with E-state index in [0.29, 0.717) is 17.8 Å². The molecular weight excluding hydrogens is 216 g/mol. The van der Waals surface area contributed by atoms with Crippen LogP contribution < -0.4 is 11.1 Å². The molecule has 94 valence electrons. The lowest BCUT2D eigenvalue weighted by atomic mass is 10.1. The van der Waals surface area contributed by atoms with Crippen LogP contribution in [0.1, 0.15) is 37.0 Å². The highest BCUT2D eigenvalue weighted by Crippen LogP contribution is 2.18. The van der Waals surface area contributed by atoms with Crippen LogP contribution in [0.15, 0.2) is 18.2 Å². The minimum absolute atomic E-state index is 0.0416. The Morgan fingerprint density at radius 1 is 1.53 bits per heavy atom. The number of Topliss-reactive ketones (excluding diaryl/α,β-unsaturated/α-hetero) is 1. The number of rotatable bonds is 6. The van der Waals surface area contributed by atoms with E-state index in [4.69, 9.17) is 5.73 Å². The van der Waals surface area contributed by atoms with Crippen molar-refractivity contribution in [2.24, 2.45) is 0 Å². The van der Waals surface area contributed by atoms with Gasteiger partial charge in [-0.05, 0) is 31.5 Å². The van der Waals surface area contributed by atoms with Gasteiger partial charge in [0, 0.05) is 23.5 Å². The van der Waals surface area contributed by atoms with E-state index < -0.39 is 0 Å². The van der Waals surface area contributed by atoms with Crippen molar-refractivity contribution < 1.29 is 9.90 Å². The second-order valence-electron chi connectivity index (χ2n) is 4.18. The van der Waals surface area contributed by atoms with E-state index in [1.165, 1.54) is 6.92 Å². The van der Waals surface area contributed by atoms with Gasteiger partial charge in [-0.3, -0.25) is 4.79 Å². The number of hydrogen-bond acceptors (Lipinski definition) is 4. The third-order valence-electron chi connectivity index (χ3n) is 2.59. The van der Waals surface area contributed by atoms with Gasteiger partial charge in [-0.1, -0.05) is 13.3 Å². The van der Waals surface area contributed by atoms with Crippen molar-refractivity contribution in [2.45, 2.75) is 32.8 Å². The SMILES string of the molecule is CCCC(O)CNc1ccc(C(C)=O)c(N)c1. The van der Waals surface area contributed by atoms with Crippen LogP contribution in [-0.4, -0.2) is 23.5 Å². The molecule has 1 atom stereocenters. The highest BCUT2D eigenvalue weighted by Gasteiger charge is 2.06. The zero-order valence-electron chi connectivity index (χ0n) is 10.4. The molecule has 17 heavy (non-hydrogen) atoms. The fraction of sp³-hybridized carbons (Fsp3) is 0.462. The van der Waals surface area contributed by atoms with Crippen molar-refractivity contribution in [3.05, 3.63) is 23.8 Å². The van der Waals surface area contributed by atoms with Gasteiger partial charge in [0.25, 0.3) is 0 Å². The van der Waals surface area contributed by atoms with Gasteiger partial charge in [-0.15, -0.1) is 0 Å². The third-order valence-corrected chi connectivity index (χ3v) is 2.59. The van der Waals surface area contributed by atoms with Crippen LogP contribution in [0.4, 0.5) is 11.4 Å². The molecule has 1 unspecified atom stereocenters. The largest absolute Gasteiger partial charge is 0.398 e. The van der Waals surface area contributed by atoms with E-state index in [0.717, 1.165) is 18.5 Å². The molecule has 4 N–H and O–H groups in total. The molecular formula is C13H20N2O2. The molecule has 1 rings (SSSR count). The van der Waals surface area contributed by atoms with Crippen LogP contribution in [0, 0.1) is 0 Å². The molecule has 0 aliphatic carbocycles. The smallest absolute Gasteiger partial charge is 0.161 e. The van der Waals surface area contributed by atoms with Crippen LogP contribution >= 0.6 is 0 Å². The average molecular weight is 236 g/mol. The normalized spacial score (nSPS) is 12.2. The van der Waals surface area contributed by atoms with E-state index in [-0.39, 0.29) is 11.9 Å². The molecule has 0 aliphatic rings. The van der Waals surface area contributed by atoms with Crippen LogP contribution in [0.5, 0.6) is 0 Å². The number of anilines is 2. The predicted octanol–water partition coefficient (Wildman–Crippen LogP) is 2.04. The van der Waals surface area contributed by atoms with E-state index in [1.807, 2.05) is 6.92 Å². The summed E-state index contributed by atoms with van der Waals surface area (Å²) in [7, 11) is 0. The lowest BCUT2D eigenvalue weighted by Crippen LogP contribution is -2.19. The summed E-state index contributed by atoms with van der Waals surface area (Å²) in [6, 6.07) is 5.22. The highest BCUT2D eigenvalue weighted by atomic mass is 16.3. The standard InChI is InChI=1S/C13H20N2O2/c1-3-4-11(17)8-15-10-5-6-12(9(2)16)13(14)7-10/h5-7,11,15,17H,3-4,8,14H2,1-2H3. The van der Waals surface area contributed by atoms with Crippen LogP contribution in [-0.2, 0) is 0 Å². The van der Waals surface area contributed by atoms with Gasteiger partial charge in [0.15, 0.2) is 5.78 Å². The summed E-state index contributed by atoms with van der Waals surface area (Å²) in [5.41, 5.74) is 7.58. The summed E-state index contributed by atoms with van der Waals surface area (Å²) < 4.78 is 0. The topological polar surface area (TPSA) is 75.3 Å². The number of carbonyl (C=O) groups excluding carboxylic acids is 1. The highest BCUT2D eigenvalue weighted by molar-refractivity contribution is 5.99. The summed E-state index contributed by atoms with van der Waals surface area (Å²) in [6.45, 7) is 4.01. The van der Waals surface area contributed by atoms with E-state index in [2.05, 4.69) is 5.32 Å². The zero-order chi connectivity index (χ0) is 12.8. The Bertz CT molecular complexity index is 391. The van der Waals surface area contributed by atoms with E-state index in [9.17, 15) is 9.90 Å². The number of nitrogens with one attached hydrogen (secondary N) is 1. The molecule has 1 aromatic carbocycles. The first-order valence-corrected chi connectivity index (χ1v) is 5.87. The van der Waals surface area contributed by atoms with Crippen molar-refractivity contribution in [3.8, 4) is 0 Å². The van der Waals surface area contributed by atoms with Crippen molar-refractivity contribution >= 4 is 17.2 Å². The Morgan fingerprint density at radius 3 is 2.76 bits per heavy atom. The maximum absolute atomic E-state index is 11.2. The molecule has 0 fully saturated rings. The molecule has 0 aromatic heterocycles. The van der Waals surface area contributed by atoms with E-state index >= 15 is 0 Å². The molecule has 4 heteroatoms. The van der Waals surface area contributed by atoms with Gasteiger partial charge in [-0.25, -0.2) is 0 Å². The molecule has 0 saturated carbocycles. The Morgan fingerprint density at radius 2 is 2.24 bits per heavy atom. The maximum atomic E-state index is 11.2. The Kier molecular flexibility index (Phi) is 4.97. The summed E-state index contributed by atoms with van der Waals surface area (Å²) >= 11 is 0. The fourth-order valence-corrected chi connectivity index (χ4v) is 1.66. The number of aliphatic hydroxyl groups is 1. The predicted molar refractivity (Wildman–Crippen MR) is 70.3 cm³/mol. The molecule has 0 spiro atoms. The second kappa shape index (κ2) is 6.25. The van der Waals surface area contributed by atoms with Crippen LogP contribution in [0.3, 0.4) is 0 Å². The van der Waals surface area contributed by atoms with E-state index in [1.54, 1.807) is 18.2 Å². The monoisotopic (exact) mass is 236 g/mol. The first-order chi connectivity index (χ1) is 8.04. The molecule has 0 radical (unpaired) electrons. The molecule has 1 aromatic rings. The van der Waals surface area contributed by atoms with Gasteiger partial charge in [0.2, 0.25) is 0 Å². The molecule has 0 bridgehead atoms. The van der Waals surface area contributed by atoms with Gasteiger partial charge >= 0.3 is 0 Å². The van der Waals surface area contributed by atoms with Crippen molar-refractivity contribution in [2.75, 3.05) is 17.6 Å². The summed E-state index contributed by atoms with van der Waals surface area (Å²) in [5, 5.41) is 12.7. The number of carbonyl (C=O) groups is 1. The summed E-state index contributed by atoms with van der Waals surface area (Å²) in [6.07, 6.45) is 1.37. The first-order valence-electron chi connectivity index (χ1n) is 5.87. The Hall–Kier alpha value is -1.55. The quantitative estimate of drug-likeness (QED) is 0.522. The maximum Gasteiger partial charge on any atom is 0.161 e. The zero-order valence-corrected chi connectivity index (χ0v) is 10.4. The van der Waals surface area contributed by atoms with Gasteiger partial charge < -0.3 is 16.2 Å². The summed E-state index contributed by atoms with van der Waals surface area (Å²) in [5.74, 6) is -0.0416. The minimum atomic E-state index is -0.353. The Balaban J connectivity index is 2.62. The number of aliphatic hydroxyl groups excluding tert-OH is 1. The number of nitrogen functional groups attached to an aromatic ring is 1. The van der Waals surface area contributed by atoms with Crippen molar-refractivity contribution in [1.29, 1.82) is 0 Å². The minimum Gasteiger partial charge on any atom is -0.398 e. The van der Waals surface area contributed by atoms with Crippen molar-refractivity contribution in [1.82, 2.24) is 0 Å². The summed E-state index contributed by atoms with van der Waals surface area (Å²) in [4.78, 5) is 11.2. The van der Waals surface area contributed by atoms with Crippen molar-refractivity contribution in [3.63, 3.8) is 0 Å². The molecule has 0 heterocycles. The third kappa shape index (κ3) is 4.07. The average Bonchev–Trinajstić information content (AvgIpc) is 2.26. The van der Waals surface area contributed by atoms with Crippen LogP contribution in [0.25, 0.3) is 0 Å². The number of hydrogen-bond donors (Lipinski definition) is 3. The lowest BCUT2D eigenvalue weighted by Gasteiger charge is -2.13. The molecule has 0 aliphatic heterocycles. The Labute approximate surface area is 102 Å². The number of benzene rings is 1.